The number of nitriles is 1. The maximum Gasteiger partial charge on any atom is 0.160 e. The number of benzene rings is 3. The highest BCUT2D eigenvalue weighted by atomic mass is 79.9. The van der Waals surface area contributed by atoms with E-state index in [1.165, 1.54) is 6.08 Å². The van der Waals surface area contributed by atoms with Gasteiger partial charge in [-0.15, -0.1) is 0 Å². The number of allylic oxidation sites excluding steroid dienone is 2. The normalized spacial score (nSPS) is 20.9. The quantitative estimate of drug-likeness (QED) is 0.452. The molecule has 0 saturated carbocycles. The molecule has 0 bridgehead atoms. The van der Waals surface area contributed by atoms with Gasteiger partial charge in [0.1, 0.15) is 11.5 Å². The molecule has 146 valence electrons. The second-order valence-corrected chi connectivity index (χ2v) is 7.89. The first kappa shape index (κ1) is 19.9. The predicted molar refractivity (Wildman–Crippen MR) is 121 cm³/mol. The van der Waals surface area contributed by atoms with E-state index in [-0.39, 0.29) is 18.1 Å². The van der Waals surface area contributed by atoms with E-state index in [1.54, 1.807) is 0 Å². The highest BCUT2D eigenvalue weighted by molar-refractivity contribution is 9.10. The lowest BCUT2D eigenvalue weighted by Crippen LogP contribution is -2.14. The average Bonchev–Trinajstić information content (AvgIpc) is 2.78. The molecule has 0 fully saturated rings. The molecule has 3 aromatic carbocycles. The van der Waals surface area contributed by atoms with Crippen LogP contribution in [0.1, 0.15) is 29.0 Å². The van der Waals surface area contributed by atoms with E-state index < -0.39 is 0 Å². The number of ketones is 1. The van der Waals surface area contributed by atoms with Crippen molar-refractivity contribution in [2.45, 2.75) is 12.3 Å². The van der Waals surface area contributed by atoms with Crippen molar-refractivity contribution in [1.29, 1.82) is 5.26 Å². The minimum atomic E-state index is -0.389. The second-order valence-electron chi connectivity index (χ2n) is 6.97. The Bertz CT molecular complexity index is 1160. The molecule has 1 heterocycles. The van der Waals surface area contributed by atoms with Crippen LogP contribution in [0.2, 0.25) is 0 Å². The molecule has 30 heavy (non-hydrogen) atoms. The summed E-state index contributed by atoms with van der Waals surface area (Å²) in [6.07, 6.45) is 1.73. The third-order valence-electron chi connectivity index (χ3n) is 4.99. The Labute approximate surface area is 184 Å². The van der Waals surface area contributed by atoms with E-state index in [9.17, 15) is 10.1 Å². The standard InChI is InChI=1S/C26H18BrNO2/c27-21-13-11-18(12-14-21)23-15-22(29)16-25(19-7-3-1-4-8-19)30-26(24(23)17-28)20-9-5-2-6-10-20/h1-14,16,23H,15H2/b25-16-,26-24-. The fourth-order valence-corrected chi connectivity index (χ4v) is 3.78. The van der Waals surface area contributed by atoms with Gasteiger partial charge in [-0.1, -0.05) is 88.7 Å². The van der Waals surface area contributed by atoms with Gasteiger partial charge in [0.2, 0.25) is 0 Å². The molecule has 0 aliphatic carbocycles. The molecule has 4 heteroatoms. The van der Waals surface area contributed by atoms with Crippen molar-refractivity contribution >= 4 is 33.2 Å². The Morgan fingerprint density at radius 2 is 1.47 bits per heavy atom. The molecule has 1 aliphatic rings. The highest BCUT2D eigenvalue weighted by Crippen LogP contribution is 2.39. The van der Waals surface area contributed by atoms with Crippen molar-refractivity contribution in [3.63, 3.8) is 0 Å². The van der Waals surface area contributed by atoms with Crippen molar-refractivity contribution in [1.82, 2.24) is 0 Å². The number of halogens is 1. The zero-order valence-corrected chi connectivity index (χ0v) is 17.7. The van der Waals surface area contributed by atoms with Gasteiger partial charge in [0, 0.05) is 34.0 Å². The SMILES string of the molecule is N#C/C1=C(\c2ccccc2)O/C(c2ccccc2)=C\C(=O)CC1c1ccc(Br)cc1. The molecule has 0 saturated heterocycles. The van der Waals surface area contributed by atoms with Gasteiger partial charge in [0.25, 0.3) is 0 Å². The van der Waals surface area contributed by atoms with Crippen molar-refractivity contribution in [3.05, 3.63) is 118 Å². The van der Waals surface area contributed by atoms with Crippen LogP contribution in [-0.2, 0) is 9.53 Å². The Morgan fingerprint density at radius 3 is 2.07 bits per heavy atom. The minimum Gasteiger partial charge on any atom is -0.455 e. The van der Waals surface area contributed by atoms with Crippen LogP contribution < -0.4 is 0 Å². The highest BCUT2D eigenvalue weighted by Gasteiger charge is 2.28. The topological polar surface area (TPSA) is 50.1 Å². The van der Waals surface area contributed by atoms with Crippen LogP contribution in [0.25, 0.3) is 11.5 Å². The van der Waals surface area contributed by atoms with E-state index >= 15 is 0 Å². The first-order valence-corrected chi connectivity index (χ1v) is 10.4. The van der Waals surface area contributed by atoms with Gasteiger partial charge in [0.15, 0.2) is 5.78 Å². The zero-order chi connectivity index (χ0) is 20.9. The number of nitrogens with zero attached hydrogens (tertiary/aromatic N) is 1. The lowest BCUT2D eigenvalue weighted by atomic mass is 9.84. The fraction of sp³-hybridized carbons (Fsp3) is 0.0769. The number of rotatable bonds is 3. The molecule has 4 rings (SSSR count). The third-order valence-corrected chi connectivity index (χ3v) is 5.52. The lowest BCUT2D eigenvalue weighted by Gasteiger charge is -2.23. The van der Waals surface area contributed by atoms with Gasteiger partial charge >= 0.3 is 0 Å². The van der Waals surface area contributed by atoms with Crippen LogP contribution in [0.5, 0.6) is 0 Å². The summed E-state index contributed by atoms with van der Waals surface area (Å²) in [5.41, 5.74) is 2.93. The van der Waals surface area contributed by atoms with E-state index in [1.807, 2.05) is 84.9 Å². The number of ether oxygens (including phenoxy) is 1. The largest absolute Gasteiger partial charge is 0.455 e. The summed E-state index contributed by atoms with van der Waals surface area (Å²) in [5.74, 6) is 0.455. The van der Waals surface area contributed by atoms with Gasteiger partial charge < -0.3 is 4.74 Å². The number of carbonyl (C=O) groups excluding carboxylic acids is 1. The molecule has 1 unspecified atom stereocenters. The summed E-state index contributed by atoms with van der Waals surface area (Å²) in [7, 11) is 0. The maximum atomic E-state index is 12.9. The average molecular weight is 456 g/mol. The van der Waals surface area contributed by atoms with Crippen LogP contribution in [-0.4, -0.2) is 5.78 Å². The second kappa shape index (κ2) is 8.94. The summed E-state index contributed by atoms with van der Waals surface area (Å²) in [4.78, 5) is 12.9. The monoisotopic (exact) mass is 455 g/mol. The lowest BCUT2D eigenvalue weighted by molar-refractivity contribution is -0.114. The summed E-state index contributed by atoms with van der Waals surface area (Å²) in [5, 5.41) is 10.1. The van der Waals surface area contributed by atoms with Gasteiger partial charge in [-0.3, -0.25) is 4.79 Å². The van der Waals surface area contributed by atoms with Crippen LogP contribution in [0.15, 0.2) is 101 Å². The predicted octanol–water partition coefficient (Wildman–Crippen LogP) is 6.50. The molecule has 0 aromatic heterocycles. The summed E-state index contributed by atoms with van der Waals surface area (Å²) >= 11 is 3.45. The molecule has 3 nitrogen and oxygen atoms in total. The smallest absolute Gasteiger partial charge is 0.160 e. The Balaban J connectivity index is 1.90. The van der Waals surface area contributed by atoms with Crippen LogP contribution in [0, 0.1) is 11.3 Å². The van der Waals surface area contributed by atoms with Crippen molar-refractivity contribution in [2.24, 2.45) is 0 Å². The molecular formula is C26H18BrNO2. The first-order chi connectivity index (χ1) is 14.7. The van der Waals surface area contributed by atoms with Gasteiger partial charge in [-0.05, 0) is 17.7 Å². The molecule has 0 amide bonds. The zero-order valence-electron chi connectivity index (χ0n) is 16.1. The van der Waals surface area contributed by atoms with Crippen molar-refractivity contribution in [2.75, 3.05) is 0 Å². The molecule has 1 atom stereocenters. The third kappa shape index (κ3) is 4.27. The van der Waals surface area contributed by atoms with Crippen LogP contribution in [0.3, 0.4) is 0 Å². The van der Waals surface area contributed by atoms with Crippen molar-refractivity contribution < 1.29 is 9.53 Å². The Kier molecular flexibility index (Phi) is 5.92. The molecule has 0 radical (unpaired) electrons. The van der Waals surface area contributed by atoms with Gasteiger partial charge in [-0.2, -0.15) is 5.26 Å². The van der Waals surface area contributed by atoms with Gasteiger partial charge in [-0.25, -0.2) is 0 Å². The van der Waals surface area contributed by atoms with E-state index in [0.717, 1.165) is 21.2 Å². The molecule has 3 aromatic rings. The number of hydrogen-bond donors (Lipinski definition) is 0. The fourth-order valence-electron chi connectivity index (χ4n) is 3.52. The summed E-state index contributed by atoms with van der Waals surface area (Å²) in [6.45, 7) is 0. The Hall–Kier alpha value is -3.42. The van der Waals surface area contributed by atoms with E-state index in [2.05, 4.69) is 22.0 Å². The summed E-state index contributed by atoms with van der Waals surface area (Å²) in [6, 6.07) is 29.1. The molecule has 1 aliphatic heterocycles. The van der Waals surface area contributed by atoms with E-state index in [0.29, 0.717) is 17.1 Å². The number of hydrogen-bond acceptors (Lipinski definition) is 3. The maximum absolute atomic E-state index is 12.9. The van der Waals surface area contributed by atoms with Crippen molar-refractivity contribution in [3.8, 4) is 6.07 Å². The van der Waals surface area contributed by atoms with Crippen LogP contribution in [0.4, 0.5) is 0 Å². The molecule has 0 spiro atoms. The minimum absolute atomic E-state index is 0.0818. The molecular weight excluding hydrogens is 438 g/mol. The molecule has 0 N–H and O–H groups in total. The Morgan fingerprint density at radius 1 is 0.867 bits per heavy atom. The number of carbonyl (C=O) groups is 1. The van der Waals surface area contributed by atoms with Gasteiger partial charge in [0.05, 0.1) is 11.6 Å². The van der Waals surface area contributed by atoms with Crippen LogP contribution >= 0.6 is 15.9 Å². The summed E-state index contributed by atoms with van der Waals surface area (Å²) < 4.78 is 7.24. The first-order valence-electron chi connectivity index (χ1n) is 9.58. The van der Waals surface area contributed by atoms with E-state index in [4.69, 9.17) is 4.74 Å².